The first-order valence-electron chi connectivity index (χ1n) is 9.34. The Morgan fingerprint density at radius 3 is 2.40 bits per heavy atom. The molecule has 0 unspecified atom stereocenters. The number of nitrogens with one attached hydrogen (secondary N) is 1. The fraction of sp³-hybridized carbons (Fsp3) is 0.409. The van der Waals surface area contributed by atoms with E-state index in [0.717, 1.165) is 31.5 Å². The number of esters is 1. The van der Waals surface area contributed by atoms with E-state index in [9.17, 15) is 4.79 Å². The zero-order valence-corrected chi connectivity index (χ0v) is 14.5. The van der Waals surface area contributed by atoms with Crippen molar-refractivity contribution in [2.45, 2.75) is 44.1 Å². The molecule has 1 atom stereocenters. The molecule has 0 saturated carbocycles. The van der Waals surface area contributed by atoms with Crippen LogP contribution in [0.15, 0.2) is 48.5 Å². The van der Waals surface area contributed by atoms with Crippen molar-refractivity contribution in [3.8, 4) is 0 Å². The van der Waals surface area contributed by atoms with Crippen LogP contribution >= 0.6 is 0 Å². The highest BCUT2D eigenvalue weighted by Crippen LogP contribution is 2.25. The Labute approximate surface area is 149 Å². The first-order chi connectivity index (χ1) is 12.3. The van der Waals surface area contributed by atoms with Gasteiger partial charge in [-0.15, -0.1) is 0 Å². The second-order valence-electron chi connectivity index (χ2n) is 7.25. The van der Waals surface area contributed by atoms with Crippen molar-refractivity contribution < 1.29 is 9.53 Å². The minimum Gasteiger partial charge on any atom is -0.461 e. The Balaban J connectivity index is 1.31. The fourth-order valence-electron chi connectivity index (χ4n) is 4.04. The van der Waals surface area contributed by atoms with E-state index >= 15 is 0 Å². The van der Waals surface area contributed by atoms with Gasteiger partial charge in [-0.3, -0.25) is 4.79 Å². The van der Waals surface area contributed by atoms with Crippen LogP contribution in [0.2, 0.25) is 0 Å². The number of rotatable bonds is 4. The van der Waals surface area contributed by atoms with E-state index in [1.165, 1.54) is 29.5 Å². The molecule has 1 aliphatic carbocycles. The van der Waals surface area contributed by atoms with Crippen molar-refractivity contribution in [1.29, 1.82) is 0 Å². The summed E-state index contributed by atoms with van der Waals surface area (Å²) < 4.78 is 5.70. The molecule has 1 heterocycles. The molecule has 0 radical (unpaired) electrons. The average Bonchev–Trinajstić information content (AvgIpc) is 3.05. The van der Waals surface area contributed by atoms with E-state index in [0.29, 0.717) is 12.3 Å². The lowest BCUT2D eigenvalue weighted by Gasteiger charge is -2.23. The smallest absolute Gasteiger partial charge is 0.310 e. The number of benzene rings is 2. The van der Waals surface area contributed by atoms with Crippen LogP contribution in [-0.4, -0.2) is 25.2 Å². The summed E-state index contributed by atoms with van der Waals surface area (Å²) in [4.78, 5) is 12.3. The van der Waals surface area contributed by atoms with Crippen LogP contribution in [0.25, 0.3) is 0 Å². The number of piperidine rings is 1. The summed E-state index contributed by atoms with van der Waals surface area (Å²) in [6.45, 7) is 2.19. The lowest BCUT2D eigenvalue weighted by molar-refractivity contribution is -0.147. The van der Waals surface area contributed by atoms with Gasteiger partial charge in [-0.05, 0) is 47.6 Å². The molecule has 1 aliphatic heterocycles. The monoisotopic (exact) mass is 335 g/mol. The summed E-state index contributed by atoms with van der Waals surface area (Å²) >= 11 is 0. The van der Waals surface area contributed by atoms with E-state index < -0.39 is 0 Å². The Morgan fingerprint density at radius 2 is 1.76 bits per heavy atom. The molecule has 130 valence electrons. The van der Waals surface area contributed by atoms with Gasteiger partial charge in [0.15, 0.2) is 0 Å². The lowest BCUT2D eigenvalue weighted by Crippen LogP contribution is -2.28. The highest BCUT2D eigenvalue weighted by molar-refractivity contribution is 5.73. The minimum atomic E-state index is -0.120. The number of carbonyl (C=O) groups is 1. The maximum atomic E-state index is 12.3. The van der Waals surface area contributed by atoms with E-state index in [2.05, 4.69) is 41.7 Å². The van der Waals surface area contributed by atoms with Crippen LogP contribution < -0.4 is 5.32 Å². The van der Waals surface area contributed by atoms with Crippen molar-refractivity contribution in [2.75, 3.05) is 13.1 Å². The second kappa shape index (κ2) is 7.40. The zero-order chi connectivity index (χ0) is 17.1. The van der Waals surface area contributed by atoms with Gasteiger partial charge in [0.2, 0.25) is 0 Å². The number of carbonyl (C=O) groups excluding carboxylic acids is 1. The van der Waals surface area contributed by atoms with Gasteiger partial charge in [-0.25, -0.2) is 0 Å². The molecule has 0 spiro atoms. The Morgan fingerprint density at radius 1 is 1.04 bits per heavy atom. The molecule has 3 nitrogen and oxygen atoms in total. The lowest BCUT2D eigenvalue weighted by atomic mass is 9.91. The molecule has 2 aromatic rings. The molecule has 1 fully saturated rings. The highest BCUT2D eigenvalue weighted by Gasteiger charge is 2.24. The summed E-state index contributed by atoms with van der Waals surface area (Å²) in [7, 11) is 0. The average molecular weight is 335 g/mol. The van der Waals surface area contributed by atoms with Crippen LogP contribution in [0, 0.1) is 0 Å². The quantitative estimate of drug-likeness (QED) is 0.870. The van der Waals surface area contributed by atoms with Gasteiger partial charge in [0.1, 0.15) is 6.10 Å². The van der Waals surface area contributed by atoms with Crippen LogP contribution in [0.1, 0.15) is 41.0 Å². The molecule has 0 aromatic heterocycles. The second-order valence-corrected chi connectivity index (χ2v) is 7.25. The molecule has 2 aliphatic rings. The molecule has 0 bridgehead atoms. The van der Waals surface area contributed by atoms with Crippen molar-refractivity contribution in [3.63, 3.8) is 0 Å². The molecule has 25 heavy (non-hydrogen) atoms. The first kappa shape index (κ1) is 16.3. The first-order valence-corrected chi connectivity index (χ1v) is 9.34. The van der Waals surface area contributed by atoms with Crippen LogP contribution in [0.3, 0.4) is 0 Å². The van der Waals surface area contributed by atoms with Crippen LogP contribution in [-0.2, 0) is 28.8 Å². The van der Waals surface area contributed by atoms with Gasteiger partial charge in [0.05, 0.1) is 6.42 Å². The zero-order valence-electron chi connectivity index (χ0n) is 14.5. The fourth-order valence-corrected chi connectivity index (χ4v) is 4.04. The highest BCUT2D eigenvalue weighted by atomic mass is 16.5. The molecule has 2 aromatic carbocycles. The van der Waals surface area contributed by atoms with Gasteiger partial charge < -0.3 is 10.1 Å². The maximum Gasteiger partial charge on any atom is 0.310 e. The predicted octanol–water partition coefficient (Wildman–Crippen LogP) is 3.41. The predicted molar refractivity (Wildman–Crippen MR) is 98.7 cm³/mol. The van der Waals surface area contributed by atoms with Gasteiger partial charge in [0.25, 0.3) is 0 Å². The Bertz CT molecular complexity index is 707. The summed E-state index contributed by atoms with van der Waals surface area (Å²) in [5, 5.41) is 3.45. The van der Waals surface area contributed by atoms with Crippen LogP contribution in [0.5, 0.6) is 0 Å². The molecule has 1 saturated heterocycles. The molecule has 4 rings (SSSR count). The van der Waals surface area contributed by atoms with Gasteiger partial charge in [-0.1, -0.05) is 48.5 Å². The van der Waals surface area contributed by atoms with E-state index in [4.69, 9.17) is 4.74 Å². The summed E-state index contributed by atoms with van der Waals surface area (Å²) in [5.41, 5.74) is 5.03. The SMILES string of the molecule is O=C(Cc1ccc([C@@H]2CCCNC2)cc1)OC1Cc2ccccc2C1. The normalized spacial score (nSPS) is 20.2. The Kier molecular flexibility index (Phi) is 4.84. The number of hydrogen-bond acceptors (Lipinski definition) is 3. The van der Waals surface area contributed by atoms with E-state index in [-0.39, 0.29) is 12.1 Å². The van der Waals surface area contributed by atoms with Crippen molar-refractivity contribution in [1.82, 2.24) is 5.32 Å². The van der Waals surface area contributed by atoms with E-state index in [1.54, 1.807) is 0 Å². The number of fused-ring (bicyclic) bond motifs is 1. The third kappa shape index (κ3) is 3.93. The standard InChI is InChI=1S/C22H25NO2/c24-22(25-21-13-18-4-1-2-5-19(18)14-21)12-16-7-9-17(10-8-16)20-6-3-11-23-15-20/h1-2,4-5,7-10,20-21,23H,3,6,11-15H2/t20-/m1/s1. The molecule has 0 amide bonds. The van der Waals surface area contributed by atoms with Gasteiger partial charge in [-0.2, -0.15) is 0 Å². The summed E-state index contributed by atoms with van der Waals surface area (Å²) in [6, 6.07) is 16.9. The topological polar surface area (TPSA) is 38.3 Å². The number of hydrogen-bond donors (Lipinski definition) is 1. The largest absolute Gasteiger partial charge is 0.461 e. The maximum absolute atomic E-state index is 12.3. The number of ether oxygens (including phenoxy) is 1. The van der Waals surface area contributed by atoms with Crippen molar-refractivity contribution in [2.24, 2.45) is 0 Å². The summed E-state index contributed by atoms with van der Waals surface area (Å²) in [6.07, 6.45) is 4.53. The van der Waals surface area contributed by atoms with Gasteiger partial charge in [0, 0.05) is 19.4 Å². The molecule has 1 N–H and O–H groups in total. The third-order valence-corrected chi connectivity index (χ3v) is 5.41. The third-order valence-electron chi connectivity index (χ3n) is 5.41. The molecule has 3 heteroatoms. The Hall–Kier alpha value is -2.13. The summed E-state index contributed by atoms with van der Waals surface area (Å²) in [5.74, 6) is 0.483. The van der Waals surface area contributed by atoms with Crippen molar-refractivity contribution in [3.05, 3.63) is 70.8 Å². The van der Waals surface area contributed by atoms with E-state index in [1.807, 2.05) is 12.1 Å². The van der Waals surface area contributed by atoms with Crippen LogP contribution in [0.4, 0.5) is 0 Å². The minimum absolute atomic E-state index is 0.00233. The molecular weight excluding hydrogens is 310 g/mol. The van der Waals surface area contributed by atoms with Gasteiger partial charge >= 0.3 is 5.97 Å². The molecular formula is C22H25NO2. The van der Waals surface area contributed by atoms with Crippen molar-refractivity contribution >= 4 is 5.97 Å².